The number of alkyl halides is 3. The number of halogens is 3. The van der Waals surface area contributed by atoms with E-state index in [1.165, 1.54) is 0 Å². The molecule has 0 unspecified atom stereocenters. The van der Waals surface area contributed by atoms with Gasteiger partial charge >= 0.3 is 6.18 Å². The Bertz CT molecular complexity index is 655. The molecule has 1 heterocycles. The molecule has 1 aliphatic heterocycles. The molecule has 1 aliphatic carbocycles. The van der Waals surface area contributed by atoms with Gasteiger partial charge in [-0.05, 0) is 37.0 Å². The van der Waals surface area contributed by atoms with Gasteiger partial charge in [0.1, 0.15) is 19.8 Å². The van der Waals surface area contributed by atoms with Gasteiger partial charge in [-0.3, -0.25) is 4.79 Å². The molecule has 0 aromatic heterocycles. The van der Waals surface area contributed by atoms with Crippen molar-refractivity contribution in [2.45, 2.75) is 32.0 Å². The Balaban J connectivity index is 1.79. The van der Waals surface area contributed by atoms with E-state index in [1.807, 2.05) is 0 Å². The number of carbonyl (C=O) groups excluding carboxylic acids is 1. The molecule has 0 spiro atoms. The molecular weight excluding hydrogens is 323 g/mol. The first-order valence-electron chi connectivity index (χ1n) is 7.86. The van der Waals surface area contributed by atoms with Crippen molar-refractivity contribution in [1.82, 2.24) is 4.90 Å². The Labute approximate surface area is 137 Å². The van der Waals surface area contributed by atoms with Crippen LogP contribution in [0, 0.1) is 0 Å². The standard InChI is InChI=1S/C17H18F3NO3/c18-17(19,20)11-21(16(22)13-3-1-2-4-13)10-12-5-6-14-15(9-12)24-8-7-23-14/h3,5-6,9H,1-2,4,7-8,10-11H2. The van der Waals surface area contributed by atoms with Crippen LogP contribution in [0.25, 0.3) is 0 Å². The van der Waals surface area contributed by atoms with Crippen molar-refractivity contribution in [2.24, 2.45) is 0 Å². The second-order valence-corrected chi connectivity index (χ2v) is 5.88. The first-order valence-corrected chi connectivity index (χ1v) is 7.86. The van der Waals surface area contributed by atoms with Crippen LogP contribution in [0.5, 0.6) is 11.5 Å². The van der Waals surface area contributed by atoms with Crippen molar-refractivity contribution in [3.63, 3.8) is 0 Å². The molecular formula is C17H18F3NO3. The van der Waals surface area contributed by atoms with E-state index in [-0.39, 0.29) is 6.54 Å². The molecule has 2 aliphatic rings. The van der Waals surface area contributed by atoms with Crippen molar-refractivity contribution in [3.05, 3.63) is 35.4 Å². The quantitative estimate of drug-likeness (QED) is 0.842. The molecule has 130 valence electrons. The van der Waals surface area contributed by atoms with Gasteiger partial charge in [0.15, 0.2) is 11.5 Å². The number of amides is 1. The molecule has 0 radical (unpaired) electrons. The van der Waals surface area contributed by atoms with Crippen LogP contribution in [0.4, 0.5) is 13.2 Å². The van der Waals surface area contributed by atoms with E-state index in [0.29, 0.717) is 42.3 Å². The second kappa shape index (κ2) is 6.75. The van der Waals surface area contributed by atoms with Crippen molar-refractivity contribution >= 4 is 5.91 Å². The average molecular weight is 341 g/mol. The first kappa shape index (κ1) is 16.7. The third kappa shape index (κ3) is 4.01. The van der Waals surface area contributed by atoms with Crippen molar-refractivity contribution < 1.29 is 27.4 Å². The summed E-state index contributed by atoms with van der Waals surface area (Å²) in [5, 5.41) is 0. The van der Waals surface area contributed by atoms with Gasteiger partial charge < -0.3 is 14.4 Å². The second-order valence-electron chi connectivity index (χ2n) is 5.88. The maximum absolute atomic E-state index is 12.9. The molecule has 1 aromatic carbocycles. The van der Waals surface area contributed by atoms with Gasteiger partial charge in [0.2, 0.25) is 5.91 Å². The minimum atomic E-state index is -4.44. The van der Waals surface area contributed by atoms with E-state index in [4.69, 9.17) is 9.47 Å². The van der Waals surface area contributed by atoms with Crippen LogP contribution in [0.2, 0.25) is 0 Å². The molecule has 4 nitrogen and oxygen atoms in total. The molecule has 0 saturated carbocycles. The molecule has 0 fully saturated rings. The van der Waals surface area contributed by atoms with Gasteiger partial charge in [0.25, 0.3) is 0 Å². The predicted octanol–water partition coefficient (Wildman–Crippen LogP) is 3.46. The number of hydrogen-bond acceptors (Lipinski definition) is 3. The summed E-state index contributed by atoms with van der Waals surface area (Å²) >= 11 is 0. The smallest absolute Gasteiger partial charge is 0.406 e. The highest BCUT2D eigenvalue weighted by Gasteiger charge is 2.34. The van der Waals surface area contributed by atoms with Crippen molar-refractivity contribution in [3.8, 4) is 11.5 Å². The lowest BCUT2D eigenvalue weighted by atomic mass is 10.1. The highest BCUT2D eigenvalue weighted by Crippen LogP contribution is 2.32. The summed E-state index contributed by atoms with van der Waals surface area (Å²) in [7, 11) is 0. The lowest BCUT2D eigenvalue weighted by Crippen LogP contribution is -2.39. The van der Waals surface area contributed by atoms with Crippen LogP contribution in [0.1, 0.15) is 24.8 Å². The molecule has 0 saturated heterocycles. The third-order valence-corrected chi connectivity index (χ3v) is 3.95. The monoisotopic (exact) mass is 341 g/mol. The SMILES string of the molecule is O=C(C1=CCCC1)N(Cc1ccc2c(c1)OCCO2)CC(F)(F)F. The number of nitrogens with zero attached hydrogens (tertiary/aromatic N) is 1. The summed E-state index contributed by atoms with van der Waals surface area (Å²) in [5.41, 5.74) is 1.05. The molecule has 0 atom stereocenters. The zero-order chi connectivity index (χ0) is 17.2. The van der Waals surface area contributed by atoms with Crippen LogP contribution in [-0.4, -0.2) is 36.7 Å². The molecule has 0 bridgehead atoms. The zero-order valence-electron chi connectivity index (χ0n) is 13.1. The van der Waals surface area contributed by atoms with E-state index in [9.17, 15) is 18.0 Å². The van der Waals surface area contributed by atoms with E-state index in [1.54, 1.807) is 24.3 Å². The largest absolute Gasteiger partial charge is 0.486 e. The van der Waals surface area contributed by atoms with Crippen LogP contribution in [-0.2, 0) is 11.3 Å². The molecule has 0 N–H and O–H groups in total. The van der Waals surface area contributed by atoms with E-state index in [2.05, 4.69) is 0 Å². The summed E-state index contributed by atoms with van der Waals surface area (Å²) in [6.45, 7) is -0.544. The number of hydrogen-bond donors (Lipinski definition) is 0. The van der Waals surface area contributed by atoms with Gasteiger partial charge in [-0.25, -0.2) is 0 Å². The summed E-state index contributed by atoms with van der Waals surface area (Å²) in [4.78, 5) is 13.3. The zero-order valence-corrected chi connectivity index (χ0v) is 13.1. The Morgan fingerprint density at radius 2 is 1.92 bits per heavy atom. The lowest BCUT2D eigenvalue weighted by Gasteiger charge is -2.25. The Morgan fingerprint density at radius 3 is 2.58 bits per heavy atom. The van der Waals surface area contributed by atoms with Gasteiger partial charge in [-0.2, -0.15) is 13.2 Å². The number of rotatable bonds is 4. The number of benzene rings is 1. The Hall–Kier alpha value is -2.18. The number of ether oxygens (including phenoxy) is 2. The summed E-state index contributed by atoms with van der Waals surface area (Å²) in [5.74, 6) is 0.523. The fourth-order valence-electron chi connectivity index (χ4n) is 2.89. The Morgan fingerprint density at radius 1 is 1.17 bits per heavy atom. The first-order chi connectivity index (χ1) is 11.4. The van der Waals surface area contributed by atoms with Gasteiger partial charge in [-0.15, -0.1) is 0 Å². The minimum Gasteiger partial charge on any atom is -0.486 e. The lowest BCUT2D eigenvalue weighted by molar-refractivity contribution is -0.160. The van der Waals surface area contributed by atoms with Crippen LogP contribution >= 0.6 is 0 Å². The van der Waals surface area contributed by atoms with Gasteiger partial charge in [-0.1, -0.05) is 12.1 Å². The number of carbonyl (C=O) groups is 1. The fourth-order valence-corrected chi connectivity index (χ4v) is 2.89. The maximum atomic E-state index is 12.9. The normalized spacial score (nSPS) is 16.7. The fraction of sp³-hybridized carbons (Fsp3) is 0.471. The molecule has 1 aromatic rings. The summed E-state index contributed by atoms with van der Waals surface area (Å²) in [6, 6.07) is 4.95. The number of fused-ring (bicyclic) bond motifs is 1. The summed E-state index contributed by atoms with van der Waals surface area (Å²) < 4.78 is 49.5. The van der Waals surface area contributed by atoms with E-state index < -0.39 is 18.6 Å². The third-order valence-electron chi connectivity index (χ3n) is 3.95. The van der Waals surface area contributed by atoms with Gasteiger partial charge in [0.05, 0.1) is 0 Å². The van der Waals surface area contributed by atoms with Gasteiger partial charge in [0, 0.05) is 12.1 Å². The highest BCUT2D eigenvalue weighted by molar-refractivity contribution is 5.93. The molecule has 7 heteroatoms. The van der Waals surface area contributed by atoms with Crippen molar-refractivity contribution in [1.29, 1.82) is 0 Å². The highest BCUT2D eigenvalue weighted by atomic mass is 19.4. The molecule has 3 rings (SSSR count). The Kier molecular flexibility index (Phi) is 4.69. The minimum absolute atomic E-state index is 0.119. The average Bonchev–Trinajstić information content (AvgIpc) is 3.06. The molecule has 24 heavy (non-hydrogen) atoms. The predicted molar refractivity (Wildman–Crippen MR) is 80.8 cm³/mol. The van der Waals surface area contributed by atoms with Crippen LogP contribution in [0.3, 0.4) is 0 Å². The van der Waals surface area contributed by atoms with E-state index >= 15 is 0 Å². The summed E-state index contributed by atoms with van der Waals surface area (Å²) in [6.07, 6.45) is -0.623. The van der Waals surface area contributed by atoms with Crippen molar-refractivity contribution in [2.75, 3.05) is 19.8 Å². The maximum Gasteiger partial charge on any atom is 0.406 e. The van der Waals surface area contributed by atoms with E-state index in [0.717, 1.165) is 17.7 Å². The van der Waals surface area contributed by atoms with Crippen LogP contribution in [0.15, 0.2) is 29.8 Å². The van der Waals surface area contributed by atoms with Crippen LogP contribution < -0.4 is 9.47 Å². The number of allylic oxidation sites excluding steroid dienone is 1. The topological polar surface area (TPSA) is 38.8 Å². The molecule has 1 amide bonds.